The predicted octanol–water partition coefficient (Wildman–Crippen LogP) is 5.39. The van der Waals surface area contributed by atoms with E-state index in [1.165, 1.54) is 17.7 Å². The van der Waals surface area contributed by atoms with E-state index in [2.05, 4.69) is 5.16 Å². The quantitative estimate of drug-likeness (QED) is 0.435. The zero-order chi connectivity index (χ0) is 26.7. The van der Waals surface area contributed by atoms with E-state index in [0.717, 1.165) is 11.3 Å². The molecule has 0 N–H and O–H groups in total. The molecule has 0 saturated carbocycles. The van der Waals surface area contributed by atoms with Crippen molar-refractivity contribution >= 4 is 23.3 Å². The molecular weight excluding hydrogens is 484 g/mol. The van der Waals surface area contributed by atoms with Gasteiger partial charge in [-0.15, -0.1) is 0 Å². The molecule has 0 radical (unpaired) electrons. The molecule has 0 amide bonds. The fourth-order valence-electron chi connectivity index (χ4n) is 3.85. The van der Waals surface area contributed by atoms with Crippen LogP contribution in [0.15, 0.2) is 40.4 Å². The van der Waals surface area contributed by atoms with Gasteiger partial charge >= 0.3 is 5.97 Å². The van der Waals surface area contributed by atoms with Crippen LogP contribution in [-0.2, 0) is 19.1 Å². The summed E-state index contributed by atoms with van der Waals surface area (Å²) in [5.74, 6) is -0.110. The third-order valence-corrected chi connectivity index (χ3v) is 5.63. The van der Waals surface area contributed by atoms with Gasteiger partial charge in [0.25, 0.3) is 5.56 Å². The minimum absolute atomic E-state index is 0.255. The molecule has 8 nitrogen and oxygen atoms in total. The average molecular weight is 519 g/mol. The summed E-state index contributed by atoms with van der Waals surface area (Å²) in [6, 6.07) is 5.94. The number of hydrogen-bond donors (Lipinski definition) is 0. The molecule has 2 heterocycles. The van der Waals surface area contributed by atoms with Gasteiger partial charge in [0, 0.05) is 41.7 Å². The Hall–Kier alpha value is -2.84. The first-order valence-corrected chi connectivity index (χ1v) is 12.3. The summed E-state index contributed by atoms with van der Waals surface area (Å²) in [6.45, 7) is 11.9. The number of halogens is 1. The van der Waals surface area contributed by atoms with Crippen LogP contribution < -0.4 is 10.3 Å². The van der Waals surface area contributed by atoms with Crippen molar-refractivity contribution in [2.45, 2.75) is 71.6 Å². The second kappa shape index (κ2) is 11.0. The number of carbonyl (C=O) groups is 1. The zero-order valence-corrected chi connectivity index (χ0v) is 22.8. The van der Waals surface area contributed by atoms with E-state index >= 15 is 0 Å². The molecule has 1 atom stereocenters. The van der Waals surface area contributed by atoms with Crippen LogP contribution >= 0.6 is 11.6 Å². The minimum Gasteiger partial charge on any atom is -0.495 e. The number of methoxy groups -OCH3 is 1. The number of nitrogens with zero attached hydrogens (tertiary/aromatic N) is 2. The third-order valence-electron chi connectivity index (χ3n) is 5.39. The third kappa shape index (κ3) is 7.11. The Kier molecular flexibility index (Phi) is 8.52. The van der Waals surface area contributed by atoms with Gasteiger partial charge < -0.3 is 19.0 Å². The fourth-order valence-corrected chi connectivity index (χ4v) is 4.02. The van der Waals surface area contributed by atoms with Crippen LogP contribution in [0.5, 0.6) is 5.75 Å². The molecule has 0 saturated heterocycles. The SMILES string of the molecule is COc1cn(C(CCOC(C)(C)C)C(=O)OC(C)(C)C)c(=O)cc1-c1cc(Cl)ccc1C1=NOCC1. The van der Waals surface area contributed by atoms with E-state index in [1.807, 2.05) is 26.8 Å². The topological polar surface area (TPSA) is 88.3 Å². The number of ether oxygens (including phenoxy) is 3. The Labute approximate surface area is 217 Å². The second-order valence-electron chi connectivity index (χ2n) is 10.6. The summed E-state index contributed by atoms with van der Waals surface area (Å²) in [4.78, 5) is 31.8. The molecule has 1 aromatic heterocycles. The van der Waals surface area contributed by atoms with Gasteiger partial charge in [-0.25, -0.2) is 4.79 Å². The van der Waals surface area contributed by atoms with Crippen molar-refractivity contribution in [1.82, 2.24) is 4.57 Å². The van der Waals surface area contributed by atoms with Crippen molar-refractivity contribution in [2.75, 3.05) is 20.3 Å². The lowest BCUT2D eigenvalue weighted by Crippen LogP contribution is -2.36. The highest BCUT2D eigenvalue weighted by Gasteiger charge is 2.29. The van der Waals surface area contributed by atoms with Gasteiger partial charge in [-0.05, 0) is 59.2 Å². The van der Waals surface area contributed by atoms with E-state index in [-0.39, 0.29) is 24.2 Å². The average Bonchev–Trinajstić information content (AvgIpc) is 3.29. The highest BCUT2D eigenvalue weighted by atomic mass is 35.5. The summed E-state index contributed by atoms with van der Waals surface area (Å²) in [7, 11) is 1.51. The molecule has 1 aromatic carbocycles. The van der Waals surface area contributed by atoms with Gasteiger partial charge in [-0.1, -0.05) is 22.8 Å². The number of oxime groups is 1. The highest BCUT2D eigenvalue weighted by Crippen LogP contribution is 2.35. The maximum absolute atomic E-state index is 13.4. The summed E-state index contributed by atoms with van der Waals surface area (Å²) in [5, 5.41) is 4.64. The molecule has 1 aliphatic rings. The van der Waals surface area contributed by atoms with Crippen LogP contribution in [-0.4, -0.2) is 47.8 Å². The van der Waals surface area contributed by atoms with Gasteiger partial charge in [0.1, 0.15) is 24.0 Å². The van der Waals surface area contributed by atoms with Crippen LogP contribution in [0.1, 0.15) is 66.0 Å². The molecule has 1 aliphatic heterocycles. The predicted molar refractivity (Wildman–Crippen MR) is 140 cm³/mol. The summed E-state index contributed by atoms with van der Waals surface area (Å²) >= 11 is 6.32. The van der Waals surface area contributed by atoms with E-state index in [1.54, 1.807) is 39.1 Å². The van der Waals surface area contributed by atoms with E-state index in [4.69, 9.17) is 30.6 Å². The van der Waals surface area contributed by atoms with Crippen LogP contribution in [0.25, 0.3) is 11.1 Å². The number of pyridine rings is 1. The van der Waals surface area contributed by atoms with Gasteiger partial charge in [-0.2, -0.15) is 0 Å². The zero-order valence-electron chi connectivity index (χ0n) is 22.0. The fraction of sp³-hybridized carbons (Fsp3) is 0.519. The van der Waals surface area contributed by atoms with Crippen LogP contribution in [0, 0.1) is 0 Å². The molecule has 9 heteroatoms. The molecular formula is C27H35ClN2O6. The number of aromatic nitrogens is 1. The Balaban J connectivity index is 2.08. The number of hydrogen-bond acceptors (Lipinski definition) is 7. The van der Waals surface area contributed by atoms with E-state index in [0.29, 0.717) is 34.9 Å². The first-order valence-electron chi connectivity index (χ1n) is 12.0. The number of carbonyl (C=O) groups excluding carboxylic acids is 1. The molecule has 0 spiro atoms. The first-order chi connectivity index (χ1) is 16.8. The van der Waals surface area contributed by atoms with Crippen LogP contribution in [0.3, 0.4) is 0 Å². The standard InChI is InChI=1S/C27H35ClN2O6/c1-26(2,3)34-12-11-22(25(32)36-27(4,5)6)30-16-23(33-7)20(15-24(30)31)19-14-17(28)8-9-18(19)21-10-13-35-29-21/h8-9,14-16,22H,10-13H2,1-7H3. The van der Waals surface area contributed by atoms with Crippen molar-refractivity contribution in [3.05, 3.63) is 51.4 Å². The maximum Gasteiger partial charge on any atom is 0.329 e. The van der Waals surface area contributed by atoms with Crippen LogP contribution in [0.2, 0.25) is 5.02 Å². The lowest BCUT2D eigenvalue weighted by molar-refractivity contribution is -0.160. The largest absolute Gasteiger partial charge is 0.495 e. The Morgan fingerprint density at radius 2 is 1.83 bits per heavy atom. The van der Waals surface area contributed by atoms with Gasteiger partial charge in [0.05, 0.1) is 24.6 Å². The van der Waals surface area contributed by atoms with Gasteiger partial charge in [0.15, 0.2) is 0 Å². The lowest BCUT2D eigenvalue weighted by Gasteiger charge is -2.27. The summed E-state index contributed by atoms with van der Waals surface area (Å²) < 4.78 is 18.5. The monoisotopic (exact) mass is 518 g/mol. The smallest absolute Gasteiger partial charge is 0.329 e. The van der Waals surface area contributed by atoms with Crippen LogP contribution in [0.4, 0.5) is 0 Å². The molecule has 0 aliphatic carbocycles. The van der Waals surface area contributed by atoms with Gasteiger partial charge in [-0.3, -0.25) is 9.36 Å². The Bertz CT molecular complexity index is 1190. The molecule has 0 fully saturated rings. The summed E-state index contributed by atoms with van der Waals surface area (Å²) in [6.07, 6.45) is 2.44. The van der Waals surface area contributed by atoms with Gasteiger partial charge in [0.2, 0.25) is 0 Å². The van der Waals surface area contributed by atoms with Crippen molar-refractivity contribution in [2.24, 2.45) is 5.16 Å². The van der Waals surface area contributed by atoms with E-state index in [9.17, 15) is 9.59 Å². The normalized spacial score (nSPS) is 14.7. The molecule has 36 heavy (non-hydrogen) atoms. The molecule has 196 valence electrons. The van der Waals surface area contributed by atoms with Crippen molar-refractivity contribution in [1.29, 1.82) is 0 Å². The maximum atomic E-state index is 13.4. The highest BCUT2D eigenvalue weighted by molar-refractivity contribution is 6.31. The Morgan fingerprint density at radius 3 is 2.42 bits per heavy atom. The van der Waals surface area contributed by atoms with E-state index < -0.39 is 17.6 Å². The molecule has 0 bridgehead atoms. The van der Waals surface area contributed by atoms with Crippen molar-refractivity contribution in [3.8, 4) is 16.9 Å². The second-order valence-corrected chi connectivity index (χ2v) is 11.0. The molecule has 3 rings (SSSR count). The number of benzene rings is 1. The summed E-state index contributed by atoms with van der Waals surface area (Å²) in [5.41, 5.74) is 1.31. The minimum atomic E-state index is -0.895. The Morgan fingerprint density at radius 1 is 1.11 bits per heavy atom. The first kappa shape index (κ1) is 27.7. The number of rotatable bonds is 8. The van der Waals surface area contributed by atoms with Crippen molar-refractivity contribution < 1.29 is 23.8 Å². The van der Waals surface area contributed by atoms with Crippen molar-refractivity contribution in [3.63, 3.8) is 0 Å². The number of esters is 1. The molecule has 2 aromatic rings. The lowest BCUT2D eigenvalue weighted by atomic mass is 9.95. The molecule has 1 unspecified atom stereocenters.